The van der Waals surface area contributed by atoms with Gasteiger partial charge < -0.3 is 29.4 Å². The van der Waals surface area contributed by atoms with Crippen molar-refractivity contribution in [1.29, 1.82) is 0 Å². The first-order chi connectivity index (χ1) is 21.1. The minimum absolute atomic E-state index is 0.0398. The van der Waals surface area contributed by atoms with Crippen molar-refractivity contribution in [3.63, 3.8) is 0 Å². The van der Waals surface area contributed by atoms with Gasteiger partial charge in [-0.25, -0.2) is 17.6 Å². The SMILES string of the molecule is Cc1c(C(=O)O)nn(-c2ccc(F)cc2)c1Oc1ccc(NC(=O)c2ccc3c(c2)OCO3)cc1S(=O)(=O)N1CCOCC1. The highest BCUT2D eigenvalue weighted by molar-refractivity contribution is 7.89. The number of ether oxygens (including phenoxy) is 4. The van der Waals surface area contributed by atoms with E-state index in [0.29, 0.717) is 11.5 Å². The molecule has 15 heteroatoms. The molecule has 0 radical (unpaired) electrons. The number of halogens is 1. The number of carboxylic acid groups (broad SMARTS) is 1. The van der Waals surface area contributed by atoms with E-state index < -0.39 is 27.7 Å². The highest BCUT2D eigenvalue weighted by Gasteiger charge is 2.32. The van der Waals surface area contributed by atoms with Crippen molar-refractivity contribution < 1.29 is 46.5 Å². The zero-order chi connectivity index (χ0) is 31.0. The summed E-state index contributed by atoms with van der Waals surface area (Å²) in [6.07, 6.45) is 0. The number of hydrogen-bond donors (Lipinski definition) is 2. The second-order valence-electron chi connectivity index (χ2n) is 9.77. The predicted molar refractivity (Wildman–Crippen MR) is 152 cm³/mol. The number of aromatic carboxylic acids is 1. The molecule has 0 bridgehead atoms. The van der Waals surface area contributed by atoms with Crippen LogP contribution in [0.3, 0.4) is 0 Å². The van der Waals surface area contributed by atoms with Crippen LogP contribution in [0.2, 0.25) is 0 Å². The molecule has 2 aliphatic heterocycles. The number of carbonyl (C=O) groups excluding carboxylic acids is 1. The number of anilines is 1. The van der Waals surface area contributed by atoms with E-state index in [2.05, 4.69) is 10.4 Å². The Bertz CT molecular complexity index is 1870. The molecule has 1 saturated heterocycles. The van der Waals surface area contributed by atoms with Gasteiger partial charge in [-0.2, -0.15) is 14.1 Å². The van der Waals surface area contributed by atoms with E-state index >= 15 is 0 Å². The van der Waals surface area contributed by atoms with E-state index in [1.807, 2.05) is 0 Å². The Morgan fingerprint density at radius 1 is 1.00 bits per heavy atom. The maximum absolute atomic E-state index is 13.9. The van der Waals surface area contributed by atoms with Crippen LogP contribution >= 0.6 is 0 Å². The molecule has 0 saturated carbocycles. The summed E-state index contributed by atoms with van der Waals surface area (Å²) in [5.74, 6) is -1.71. The van der Waals surface area contributed by atoms with Gasteiger partial charge in [-0.1, -0.05) is 0 Å². The summed E-state index contributed by atoms with van der Waals surface area (Å²) >= 11 is 0. The van der Waals surface area contributed by atoms with Crippen molar-refractivity contribution in [3.8, 4) is 28.8 Å². The van der Waals surface area contributed by atoms with Gasteiger partial charge in [0.15, 0.2) is 17.2 Å². The fourth-order valence-electron chi connectivity index (χ4n) is 4.70. The van der Waals surface area contributed by atoms with Gasteiger partial charge >= 0.3 is 5.97 Å². The number of hydrogen-bond acceptors (Lipinski definition) is 9. The average Bonchev–Trinajstić information content (AvgIpc) is 3.62. The summed E-state index contributed by atoms with van der Waals surface area (Å²) in [5, 5.41) is 16.5. The Morgan fingerprint density at radius 2 is 1.73 bits per heavy atom. The summed E-state index contributed by atoms with van der Waals surface area (Å²) in [7, 11) is -4.20. The molecule has 228 valence electrons. The lowest BCUT2D eigenvalue weighted by Gasteiger charge is -2.27. The maximum atomic E-state index is 13.9. The highest BCUT2D eigenvalue weighted by atomic mass is 32.2. The van der Waals surface area contributed by atoms with Crippen LogP contribution in [0, 0.1) is 12.7 Å². The summed E-state index contributed by atoms with van der Waals surface area (Å²) in [4.78, 5) is 24.7. The van der Waals surface area contributed by atoms with Crippen molar-refractivity contribution in [1.82, 2.24) is 14.1 Å². The first kappa shape index (κ1) is 29.1. The van der Waals surface area contributed by atoms with Crippen LogP contribution in [-0.2, 0) is 14.8 Å². The van der Waals surface area contributed by atoms with E-state index in [1.165, 1.54) is 59.8 Å². The quantitative estimate of drug-likeness (QED) is 0.295. The Balaban J connectivity index is 1.40. The van der Waals surface area contributed by atoms with Gasteiger partial charge in [-0.05, 0) is 67.6 Å². The minimum Gasteiger partial charge on any atom is -0.476 e. The number of aromatic nitrogens is 2. The maximum Gasteiger partial charge on any atom is 0.356 e. The molecule has 0 spiro atoms. The molecule has 6 rings (SSSR count). The van der Waals surface area contributed by atoms with Crippen LogP contribution in [0.1, 0.15) is 26.4 Å². The lowest BCUT2D eigenvalue weighted by atomic mass is 10.2. The average molecular weight is 625 g/mol. The lowest BCUT2D eigenvalue weighted by Crippen LogP contribution is -2.40. The number of nitrogens with one attached hydrogen (secondary N) is 1. The number of nitrogens with zero attached hydrogens (tertiary/aromatic N) is 3. The molecular formula is C29H25FN4O9S. The molecule has 2 aliphatic rings. The first-order valence-electron chi connectivity index (χ1n) is 13.3. The third-order valence-electron chi connectivity index (χ3n) is 6.97. The van der Waals surface area contributed by atoms with E-state index in [0.717, 1.165) is 4.68 Å². The zero-order valence-corrected chi connectivity index (χ0v) is 24.0. The Morgan fingerprint density at radius 3 is 2.45 bits per heavy atom. The Hall–Kier alpha value is -4.99. The summed E-state index contributed by atoms with van der Waals surface area (Å²) < 4.78 is 65.9. The van der Waals surface area contributed by atoms with Gasteiger partial charge in [0, 0.05) is 29.9 Å². The fraction of sp³-hybridized carbons (Fsp3) is 0.207. The lowest BCUT2D eigenvalue weighted by molar-refractivity contribution is 0.0689. The summed E-state index contributed by atoms with van der Waals surface area (Å²) in [6.45, 7) is 2.05. The van der Waals surface area contributed by atoms with Crippen molar-refractivity contribution in [3.05, 3.63) is 83.3 Å². The molecule has 3 heterocycles. The molecule has 2 N–H and O–H groups in total. The molecule has 44 heavy (non-hydrogen) atoms. The third kappa shape index (κ3) is 5.55. The molecular weight excluding hydrogens is 599 g/mol. The first-order valence-corrected chi connectivity index (χ1v) is 14.8. The van der Waals surface area contributed by atoms with Gasteiger partial charge in [0.05, 0.1) is 18.9 Å². The second kappa shape index (κ2) is 11.6. The van der Waals surface area contributed by atoms with E-state index in [9.17, 15) is 27.5 Å². The van der Waals surface area contributed by atoms with Gasteiger partial charge in [0.2, 0.25) is 22.7 Å². The third-order valence-corrected chi connectivity index (χ3v) is 8.89. The number of fused-ring (bicyclic) bond motifs is 1. The number of benzene rings is 3. The monoisotopic (exact) mass is 624 g/mol. The molecule has 1 amide bonds. The Kier molecular flexibility index (Phi) is 7.67. The molecule has 1 fully saturated rings. The molecule has 0 atom stereocenters. The van der Waals surface area contributed by atoms with Gasteiger partial charge in [0.1, 0.15) is 16.5 Å². The van der Waals surface area contributed by atoms with Crippen LogP contribution in [0.25, 0.3) is 5.69 Å². The normalized spacial score (nSPS) is 14.8. The van der Waals surface area contributed by atoms with E-state index in [1.54, 1.807) is 12.1 Å². The molecule has 1 aromatic heterocycles. The number of sulfonamides is 1. The van der Waals surface area contributed by atoms with Gasteiger partial charge in [-0.3, -0.25) is 4.79 Å². The van der Waals surface area contributed by atoms with Gasteiger partial charge in [0.25, 0.3) is 5.91 Å². The molecule has 0 unspecified atom stereocenters. The molecule has 13 nitrogen and oxygen atoms in total. The summed E-state index contributed by atoms with van der Waals surface area (Å²) in [5.41, 5.74) is 0.461. The van der Waals surface area contributed by atoms with Crippen LogP contribution in [-0.4, -0.2) is 72.6 Å². The summed E-state index contributed by atoms with van der Waals surface area (Å²) in [6, 6.07) is 13.8. The standard InChI is InChI=1S/C29H25FN4O9S/c1-17-26(29(36)37)32-34(21-6-3-19(30)4-7-21)28(17)43-23-9-5-20(15-25(23)44(38,39)33-10-12-40-13-11-33)31-27(35)18-2-8-22-24(14-18)42-16-41-22/h2-9,14-15H,10-13,16H2,1H3,(H,31,35)(H,36,37). The van der Waals surface area contributed by atoms with Crippen LogP contribution in [0.5, 0.6) is 23.1 Å². The topological polar surface area (TPSA) is 159 Å². The number of carbonyl (C=O) groups is 2. The molecule has 3 aromatic carbocycles. The number of rotatable bonds is 8. The van der Waals surface area contributed by atoms with E-state index in [-0.39, 0.29) is 77.8 Å². The molecule has 4 aromatic rings. The van der Waals surface area contributed by atoms with Crippen LogP contribution < -0.4 is 19.5 Å². The van der Waals surface area contributed by atoms with Gasteiger partial charge in [-0.15, -0.1) is 0 Å². The zero-order valence-electron chi connectivity index (χ0n) is 23.2. The van der Waals surface area contributed by atoms with Crippen LogP contribution in [0.4, 0.5) is 10.1 Å². The van der Waals surface area contributed by atoms with Crippen molar-refractivity contribution in [2.75, 3.05) is 38.4 Å². The highest BCUT2D eigenvalue weighted by Crippen LogP contribution is 2.37. The second-order valence-corrected chi connectivity index (χ2v) is 11.7. The number of carboxylic acids is 1. The minimum atomic E-state index is -4.20. The largest absolute Gasteiger partial charge is 0.476 e. The smallest absolute Gasteiger partial charge is 0.356 e. The van der Waals surface area contributed by atoms with Crippen molar-refractivity contribution in [2.45, 2.75) is 11.8 Å². The number of morpholine rings is 1. The predicted octanol–water partition coefficient (Wildman–Crippen LogP) is 3.81. The Labute approximate surface area is 250 Å². The van der Waals surface area contributed by atoms with Crippen LogP contribution in [0.15, 0.2) is 65.6 Å². The molecule has 0 aliphatic carbocycles. The van der Waals surface area contributed by atoms with E-state index in [4.69, 9.17) is 18.9 Å². The number of amides is 1. The van der Waals surface area contributed by atoms with Crippen molar-refractivity contribution >= 4 is 27.6 Å². The van der Waals surface area contributed by atoms with Crippen molar-refractivity contribution in [2.24, 2.45) is 0 Å². The fourth-order valence-corrected chi connectivity index (χ4v) is 6.25.